The minimum Gasteiger partial charge on any atom is -0.481 e. The summed E-state index contributed by atoms with van der Waals surface area (Å²) in [4.78, 5) is 53.4. The number of hydrogen-bond donors (Lipinski definition) is 2. The molecule has 0 radical (unpaired) electrons. The van der Waals surface area contributed by atoms with Crippen LogP contribution in [-0.4, -0.2) is 77.5 Å². The summed E-state index contributed by atoms with van der Waals surface area (Å²) in [5.41, 5.74) is 0.862. The van der Waals surface area contributed by atoms with Gasteiger partial charge < -0.3 is 10.0 Å². The van der Waals surface area contributed by atoms with Gasteiger partial charge in [0.1, 0.15) is 0 Å². The number of carbonyl (C=O) groups excluding carboxylic acids is 3. The standard InChI is InChI=1S/C22H27ClN4O5/c23-17-6-3-15(13-18(17)27-8-7-19(28)24-22(27)32)20(29)26-11-9-25(10-12-26)16-4-1-14(2-5-16)21(30)31/h3,6,13-14,16H,1-2,4-5,7-12H2,(H,30,31)(H,24,28,32). The van der Waals surface area contributed by atoms with E-state index in [-0.39, 0.29) is 30.7 Å². The lowest BCUT2D eigenvalue weighted by atomic mass is 9.85. The van der Waals surface area contributed by atoms with Crippen LogP contribution in [0.3, 0.4) is 0 Å². The number of aliphatic carboxylic acids is 1. The van der Waals surface area contributed by atoms with Gasteiger partial charge in [0, 0.05) is 50.7 Å². The third kappa shape index (κ3) is 4.73. The van der Waals surface area contributed by atoms with Crippen molar-refractivity contribution in [2.45, 2.75) is 38.1 Å². The lowest BCUT2D eigenvalue weighted by molar-refractivity contribution is -0.143. The molecule has 9 nitrogen and oxygen atoms in total. The summed E-state index contributed by atoms with van der Waals surface area (Å²) in [7, 11) is 0. The Labute approximate surface area is 191 Å². The maximum atomic E-state index is 13.1. The van der Waals surface area contributed by atoms with Crippen molar-refractivity contribution in [1.29, 1.82) is 0 Å². The number of piperazine rings is 1. The van der Waals surface area contributed by atoms with Gasteiger partial charge in [-0.1, -0.05) is 11.6 Å². The normalized spacial score (nSPS) is 24.9. The molecule has 2 saturated heterocycles. The summed E-state index contributed by atoms with van der Waals surface area (Å²) in [6.45, 7) is 2.91. The zero-order valence-corrected chi connectivity index (χ0v) is 18.5. The van der Waals surface area contributed by atoms with Crippen molar-refractivity contribution in [2.75, 3.05) is 37.6 Å². The third-order valence-corrected chi connectivity index (χ3v) is 7.02. The van der Waals surface area contributed by atoms with Gasteiger partial charge in [0.2, 0.25) is 5.91 Å². The van der Waals surface area contributed by atoms with Crippen LogP contribution in [-0.2, 0) is 9.59 Å². The molecule has 0 unspecified atom stereocenters. The van der Waals surface area contributed by atoms with Crippen molar-refractivity contribution < 1.29 is 24.3 Å². The highest BCUT2D eigenvalue weighted by molar-refractivity contribution is 6.34. The number of hydrogen-bond acceptors (Lipinski definition) is 5. The summed E-state index contributed by atoms with van der Waals surface area (Å²) in [5.74, 6) is -1.38. The Morgan fingerprint density at radius 3 is 2.31 bits per heavy atom. The van der Waals surface area contributed by atoms with Crippen LogP contribution in [0.25, 0.3) is 0 Å². The van der Waals surface area contributed by atoms with E-state index in [1.807, 2.05) is 0 Å². The molecule has 0 atom stereocenters. The predicted molar refractivity (Wildman–Crippen MR) is 118 cm³/mol. The van der Waals surface area contributed by atoms with Crippen LogP contribution in [0.15, 0.2) is 18.2 Å². The predicted octanol–water partition coefficient (Wildman–Crippen LogP) is 2.19. The van der Waals surface area contributed by atoms with Gasteiger partial charge in [-0.05, 0) is 43.9 Å². The van der Waals surface area contributed by atoms with Gasteiger partial charge in [-0.3, -0.25) is 29.5 Å². The first-order valence-electron chi connectivity index (χ1n) is 11.0. The Morgan fingerprint density at radius 2 is 1.69 bits per heavy atom. The number of carboxylic acid groups (broad SMARTS) is 1. The first kappa shape index (κ1) is 22.5. The van der Waals surface area contributed by atoms with Crippen LogP contribution >= 0.6 is 11.6 Å². The smallest absolute Gasteiger partial charge is 0.328 e. The van der Waals surface area contributed by atoms with E-state index in [1.165, 1.54) is 4.90 Å². The number of rotatable bonds is 4. The van der Waals surface area contributed by atoms with E-state index in [1.54, 1.807) is 23.1 Å². The van der Waals surface area contributed by atoms with Crippen LogP contribution in [0.1, 0.15) is 42.5 Å². The number of benzene rings is 1. The maximum absolute atomic E-state index is 13.1. The molecule has 0 aromatic heterocycles. The summed E-state index contributed by atoms with van der Waals surface area (Å²) in [6, 6.07) is 4.70. The number of halogens is 1. The van der Waals surface area contributed by atoms with Crippen molar-refractivity contribution in [3.63, 3.8) is 0 Å². The number of carbonyl (C=O) groups is 4. The molecule has 0 bridgehead atoms. The molecule has 1 aromatic rings. The number of nitrogens with one attached hydrogen (secondary N) is 1. The fourth-order valence-corrected chi connectivity index (χ4v) is 5.03. The fraction of sp³-hybridized carbons (Fsp3) is 0.545. The van der Waals surface area contributed by atoms with Gasteiger partial charge >= 0.3 is 12.0 Å². The summed E-state index contributed by atoms with van der Waals surface area (Å²) in [5, 5.41) is 11.8. The Hall–Kier alpha value is -2.65. The monoisotopic (exact) mass is 462 g/mol. The molecule has 4 amide bonds. The summed E-state index contributed by atoms with van der Waals surface area (Å²) in [6.07, 6.45) is 3.36. The van der Waals surface area contributed by atoms with E-state index in [4.69, 9.17) is 11.6 Å². The van der Waals surface area contributed by atoms with Crippen molar-refractivity contribution in [3.8, 4) is 0 Å². The van der Waals surface area contributed by atoms with Gasteiger partial charge in [0.05, 0.1) is 16.6 Å². The second-order valence-corrected chi connectivity index (χ2v) is 9.00. The van der Waals surface area contributed by atoms with Gasteiger partial charge in [0.25, 0.3) is 5.91 Å². The fourth-order valence-electron chi connectivity index (χ4n) is 4.81. The number of urea groups is 1. The minimum atomic E-state index is -0.699. The number of carboxylic acids is 1. The molecule has 2 heterocycles. The molecule has 10 heteroatoms. The van der Waals surface area contributed by atoms with Crippen LogP contribution in [0.4, 0.5) is 10.5 Å². The number of anilines is 1. The lowest BCUT2D eigenvalue weighted by Gasteiger charge is -2.41. The second kappa shape index (κ2) is 9.46. The topological polar surface area (TPSA) is 110 Å². The summed E-state index contributed by atoms with van der Waals surface area (Å²) >= 11 is 6.28. The van der Waals surface area contributed by atoms with E-state index in [0.29, 0.717) is 48.2 Å². The Morgan fingerprint density at radius 1 is 1.00 bits per heavy atom. The van der Waals surface area contributed by atoms with Gasteiger partial charge in [-0.2, -0.15) is 0 Å². The number of imide groups is 1. The Bertz CT molecular complexity index is 923. The molecule has 172 valence electrons. The highest BCUT2D eigenvalue weighted by Gasteiger charge is 2.32. The molecule has 1 saturated carbocycles. The largest absolute Gasteiger partial charge is 0.481 e. The van der Waals surface area contributed by atoms with E-state index in [0.717, 1.165) is 25.9 Å². The molecule has 1 aromatic carbocycles. The average molecular weight is 463 g/mol. The Balaban J connectivity index is 1.37. The molecule has 0 spiro atoms. The van der Waals surface area contributed by atoms with E-state index < -0.39 is 12.0 Å². The number of amides is 4. The van der Waals surface area contributed by atoms with Crippen LogP contribution in [0, 0.1) is 5.92 Å². The SMILES string of the molecule is O=C1CCN(c2cc(C(=O)N3CCN(C4CCC(C(=O)O)CC4)CC3)ccc2Cl)C(=O)N1. The zero-order valence-electron chi connectivity index (χ0n) is 17.8. The first-order chi connectivity index (χ1) is 15.3. The molecular weight excluding hydrogens is 436 g/mol. The first-order valence-corrected chi connectivity index (χ1v) is 11.4. The van der Waals surface area contributed by atoms with Crippen molar-refractivity contribution in [2.24, 2.45) is 5.92 Å². The molecule has 3 fully saturated rings. The maximum Gasteiger partial charge on any atom is 0.328 e. The molecule has 4 rings (SSSR count). The van der Waals surface area contributed by atoms with Crippen LogP contribution < -0.4 is 10.2 Å². The molecule has 3 aliphatic rings. The van der Waals surface area contributed by atoms with E-state index in [2.05, 4.69) is 10.2 Å². The highest BCUT2D eigenvalue weighted by atomic mass is 35.5. The molecular formula is C22H27ClN4O5. The van der Waals surface area contributed by atoms with Gasteiger partial charge in [0.15, 0.2) is 0 Å². The lowest BCUT2D eigenvalue weighted by Crippen LogP contribution is -2.52. The van der Waals surface area contributed by atoms with Crippen molar-refractivity contribution >= 4 is 41.1 Å². The average Bonchev–Trinajstić information content (AvgIpc) is 2.79. The van der Waals surface area contributed by atoms with Crippen LogP contribution in [0.2, 0.25) is 5.02 Å². The zero-order chi connectivity index (χ0) is 22.8. The van der Waals surface area contributed by atoms with Crippen molar-refractivity contribution in [1.82, 2.24) is 15.1 Å². The third-order valence-electron chi connectivity index (χ3n) is 6.70. The highest BCUT2D eigenvalue weighted by Crippen LogP contribution is 2.30. The minimum absolute atomic E-state index is 0.120. The molecule has 1 aliphatic carbocycles. The van der Waals surface area contributed by atoms with Gasteiger partial charge in [-0.15, -0.1) is 0 Å². The Kier molecular flexibility index (Phi) is 6.66. The second-order valence-electron chi connectivity index (χ2n) is 8.59. The van der Waals surface area contributed by atoms with Gasteiger partial charge in [-0.25, -0.2) is 4.79 Å². The molecule has 32 heavy (non-hydrogen) atoms. The van der Waals surface area contributed by atoms with E-state index in [9.17, 15) is 24.3 Å². The molecule has 2 aliphatic heterocycles. The summed E-state index contributed by atoms with van der Waals surface area (Å²) < 4.78 is 0. The molecule has 2 N–H and O–H groups in total. The quantitative estimate of drug-likeness (QED) is 0.709. The number of nitrogens with zero attached hydrogens (tertiary/aromatic N) is 3. The van der Waals surface area contributed by atoms with E-state index >= 15 is 0 Å². The van der Waals surface area contributed by atoms with Crippen LogP contribution in [0.5, 0.6) is 0 Å². The van der Waals surface area contributed by atoms with Crippen molar-refractivity contribution in [3.05, 3.63) is 28.8 Å².